The highest BCUT2D eigenvalue weighted by atomic mass is 35.5. The van der Waals surface area contributed by atoms with E-state index in [4.69, 9.17) is 11.6 Å². The molecule has 0 saturated heterocycles. The molecule has 0 bridgehead atoms. The monoisotopic (exact) mass is 381 g/mol. The number of halogens is 4. The fourth-order valence-electron chi connectivity index (χ4n) is 1.81. The zero-order chi connectivity index (χ0) is 17.3. The Morgan fingerprint density at radius 2 is 1.78 bits per heavy atom. The van der Waals surface area contributed by atoms with Crippen LogP contribution in [-0.4, -0.2) is 14.7 Å². The van der Waals surface area contributed by atoms with Crippen molar-refractivity contribution in [1.29, 1.82) is 0 Å². The fourth-order valence-corrected chi connectivity index (χ4v) is 4.04. The van der Waals surface area contributed by atoms with Crippen LogP contribution in [-0.2, 0) is 16.2 Å². The lowest BCUT2D eigenvalue weighted by Gasteiger charge is -2.14. The summed E-state index contributed by atoms with van der Waals surface area (Å²) in [7, 11) is -4.25. The molecule has 3 nitrogen and oxygen atoms in total. The molecule has 2 aromatic rings. The average molecular weight is 382 g/mol. The number of hydrogen-bond donors (Lipinski definition) is 1. The standard InChI is InChI=1S/C14H11ClF3NO2S2/c1-22-12-5-3-2-4-11(12)19-23(20,21)13-8-9(14(16,17)18)6-7-10(13)15/h2-8,19H,1H3. The average Bonchev–Trinajstić information content (AvgIpc) is 2.46. The van der Waals surface area contributed by atoms with Crippen molar-refractivity contribution >= 4 is 39.1 Å². The van der Waals surface area contributed by atoms with Gasteiger partial charge in [0.1, 0.15) is 4.90 Å². The lowest BCUT2D eigenvalue weighted by molar-refractivity contribution is -0.137. The molecule has 0 saturated carbocycles. The number of thioether (sulfide) groups is 1. The molecule has 0 radical (unpaired) electrons. The smallest absolute Gasteiger partial charge is 0.278 e. The number of para-hydroxylation sites is 1. The van der Waals surface area contributed by atoms with Gasteiger partial charge < -0.3 is 0 Å². The molecule has 23 heavy (non-hydrogen) atoms. The summed E-state index contributed by atoms with van der Waals surface area (Å²) >= 11 is 7.08. The summed E-state index contributed by atoms with van der Waals surface area (Å²) in [6, 6.07) is 8.72. The third-order valence-corrected chi connectivity index (χ3v) is 5.54. The van der Waals surface area contributed by atoms with E-state index in [2.05, 4.69) is 4.72 Å². The Hall–Kier alpha value is -1.38. The van der Waals surface area contributed by atoms with E-state index in [1.807, 2.05) is 0 Å². The fraction of sp³-hybridized carbons (Fsp3) is 0.143. The summed E-state index contributed by atoms with van der Waals surface area (Å²) in [5, 5.41) is -0.285. The zero-order valence-electron chi connectivity index (χ0n) is 11.7. The van der Waals surface area contributed by atoms with E-state index < -0.39 is 26.7 Å². The van der Waals surface area contributed by atoms with Gasteiger partial charge in [0.05, 0.1) is 16.3 Å². The van der Waals surface area contributed by atoms with E-state index in [1.54, 1.807) is 24.5 Å². The van der Waals surface area contributed by atoms with E-state index in [-0.39, 0.29) is 10.7 Å². The predicted molar refractivity (Wildman–Crippen MR) is 85.5 cm³/mol. The Balaban J connectivity index is 2.48. The van der Waals surface area contributed by atoms with Gasteiger partial charge in [0.2, 0.25) is 0 Å². The summed E-state index contributed by atoms with van der Waals surface area (Å²) in [6.07, 6.45) is -2.91. The minimum atomic E-state index is -4.66. The molecule has 0 fully saturated rings. The number of benzene rings is 2. The molecule has 0 aromatic heterocycles. The van der Waals surface area contributed by atoms with Crippen molar-refractivity contribution in [2.24, 2.45) is 0 Å². The lowest BCUT2D eigenvalue weighted by Crippen LogP contribution is -2.15. The van der Waals surface area contributed by atoms with Gasteiger partial charge in [-0.05, 0) is 36.6 Å². The van der Waals surface area contributed by atoms with Gasteiger partial charge in [0.15, 0.2) is 0 Å². The molecule has 2 rings (SSSR count). The van der Waals surface area contributed by atoms with Crippen LogP contribution in [0.4, 0.5) is 18.9 Å². The SMILES string of the molecule is CSc1ccccc1NS(=O)(=O)c1cc(C(F)(F)F)ccc1Cl. The summed E-state index contributed by atoms with van der Waals surface area (Å²) in [6.45, 7) is 0. The molecule has 2 aromatic carbocycles. The molecule has 0 unspecified atom stereocenters. The van der Waals surface area contributed by atoms with Crippen molar-refractivity contribution in [3.8, 4) is 0 Å². The van der Waals surface area contributed by atoms with E-state index in [9.17, 15) is 21.6 Å². The Labute approximate surface area is 140 Å². The molecule has 0 atom stereocenters. The van der Waals surface area contributed by atoms with Crippen molar-refractivity contribution in [2.75, 3.05) is 11.0 Å². The first-order valence-electron chi connectivity index (χ1n) is 6.18. The van der Waals surface area contributed by atoms with Crippen LogP contribution in [0.15, 0.2) is 52.3 Å². The van der Waals surface area contributed by atoms with Crippen molar-refractivity contribution in [3.05, 3.63) is 53.1 Å². The van der Waals surface area contributed by atoms with Gasteiger partial charge in [0.25, 0.3) is 10.0 Å². The molecule has 0 aliphatic rings. The van der Waals surface area contributed by atoms with Crippen LogP contribution in [0.5, 0.6) is 0 Å². The summed E-state index contributed by atoms with van der Waals surface area (Å²) < 4.78 is 65.4. The maximum Gasteiger partial charge on any atom is 0.416 e. The molecule has 0 aliphatic carbocycles. The van der Waals surface area contributed by atoms with Crippen LogP contribution in [0, 0.1) is 0 Å². The topological polar surface area (TPSA) is 46.2 Å². The summed E-state index contributed by atoms with van der Waals surface area (Å²) in [4.78, 5) is 0.0177. The number of hydrogen-bond acceptors (Lipinski definition) is 3. The normalized spacial score (nSPS) is 12.2. The van der Waals surface area contributed by atoms with Crippen LogP contribution in [0.25, 0.3) is 0 Å². The van der Waals surface area contributed by atoms with Gasteiger partial charge >= 0.3 is 6.18 Å². The van der Waals surface area contributed by atoms with Crippen molar-refractivity contribution in [2.45, 2.75) is 16.0 Å². The molecular formula is C14H11ClF3NO2S2. The maximum absolute atomic E-state index is 12.8. The maximum atomic E-state index is 12.8. The first-order chi connectivity index (χ1) is 10.6. The molecule has 0 amide bonds. The Bertz CT molecular complexity index is 823. The van der Waals surface area contributed by atoms with E-state index in [0.717, 1.165) is 12.1 Å². The molecular weight excluding hydrogens is 371 g/mol. The van der Waals surface area contributed by atoms with Gasteiger partial charge in [-0.25, -0.2) is 8.42 Å². The highest BCUT2D eigenvalue weighted by Gasteiger charge is 2.32. The summed E-state index contributed by atoms with van der Waals surface area (Å²) in [5.41, 5.74) is -0.811. The lowest BCUT2D eigenvalue weighted by atomic mass is 10.2. The quantitative estimate of drug-likeness (QED) is 0.767. The highest BCUT2D eigenvalue weighted by Crippen LogP contribution is 2.34. The van der Waals surface area contributed by atoms with Gasteiger partial charge in [-0.2, -0.15) is 13.2 Å². The van der Waals surface area contributed by atoms with Crippen LogP contribution in [0.1, 0.15) is 5.56 Å². The van der Waals surface area contributed by atoms with Crippen molar-refractivity contribution in [3.63, 3.8) is 0 Å². The predicted octanol–water partition coefficient (Wildman–Crippen LogP) is 4.88. The van der Waals surface area contributed by atoms with Gasteiger partial charge in [-0.3, -0.25) is 4.72 Å². The van der Waals surface area contributed by atoms with E-state index >= 15 is 0 Å². The second-order valence-electron chi connectivity index (χ2n) is 4.45. The Kier molecular flexibility index (Phi) is 5.17. The van der Waals surface area contributed by atoms with Crippen molar-refractivity contribution < 1.29 is 21.6 Å². The number of sulfonamides is 1. The van der Waals surface area contributed by atoms with Crippen LogP contribution < -0.4 is 4.72 Å². The van der Waals surface area contributed by atoms with Gasteiger partial charge in [-0.1, -0.05) is 23.7 Å². The third kappa shape index (κ3) is 4.13. The minimum absolute atomic E-state index is 0.272. The Morgan fingerprint density at radius 3 is 2.39 bits per heavy atom. The molecule has 9 heteroatoms. The van der Waals surface area contributed by atoms with Crippen molar-refractivity contribution in [1.82, 2.24) is 0 Å². The largest absolute Gasteiger partial charge is 0.416 e. The first kappa shape index (κ1) is 18.0. The first-order valence-corrected chi connectivity index (χ1v) is 9.26. The van der Waals surface area contributed by atoms with E-state index in [0.29, 0.717) is 11.0 Å². The Morgan fingerprint density at radius 1 is 1.13 bits per heavy atom. The summed E-state index contributed by atoms with van der Waals surface area (Å²) in [5.74, 6) is 0. The molecule has 124 valence electrons. The zero-order valence-corrected chi connectivity index (χ0v) is 14.1. The van der Waals surface area contributed by atoms with Crippen LogP contribution in [0.3, 0.4) is 0 Å². The van der Waals surface area contributed by atoms with Crippen LogP contribution >= 0.6 is 23.4 Å². The molecule has 0 heterocycles. The number of alkyl halides is 3. The third-order valence-electron chi connectivity index (χ3n) is 2.90. The number of nitrogens with one attached hydrogen (secondary N) is 1. The van der Waals surface area contributed by atoms with Gasteiger partial charge in [-0.15, -0.1) is 11.8 Å². The van der Waals surface area contributed by atoms with E-state index in [1.165, 1.54) is 17.8 Å². The molecule has 0 spiro atoms. The second-order valence-corrected chi connectivity index (χ2v) is 7.35. The second kappa shape index (κ2) is 6.62. The number of rotatable bonds is 4. The van der Waals surface area contributed by atoms with Crippen LogP contribution in [0.2, 0.25) is 5.02 Å². The minimum Gasteiger partial charge on any atom is -0.278 e. The van der Waals surface area contributed by atoms with Gasteiger partial charge in [0, 0.05) is 4.90 Å². The molecule has 1 N–H and O–H groups in total. The number of anilines is 1. The molecule has 0 aliphatic heterocycles. The highest BCUT2D eigenvalue weighted by molar-refractivity contribution is 7.99.